The number of fused-ring (bicyclic) bond motifs is 2. The Kier molecular flexibility index (Phi) is 4.27. The van der Waals surface area contributed by atoms with Crippen LogP contribution in [0.3, 0.4) is 0 Å². The molecule has 1 atom stereocenters. The number of para-hydroxylation sites is 1. The van der Waals surface area contributed by atoms with Crippen molar-refractivity contribution in [2.24, 2.45) is 0 Å². The highest BCUT2D eigenvalue weighted by molar-refractivity contribution is 5.98. The van der Waals surface area contributed by atoms with Gasteiger partial charge in [0.05, 0.1) is 26.8 Å². The van der Waals surface area contributed by atoms with Gasteiger partial charge in [-0.15, -0.1) is 0 Å². The molecule has 0 fully saturated rings. The Morgan fingerprint density at radius 1 is 1.07 bits per heavy atom. The Morgan fingerprint density at radius 2 is 1.81 bits per heavy atom. The van der Waals surface area contributed by atoms with Gasteiger partial charge in [0.2, 0.25) is 0 Å². The van der Waals surface area contributed by atoms with Gasteiger partial charge in [0.15, 0.2) is 11.5 Å². The molecule has 7 nitrogen and oxygen atoms in total. The minimum atomic E-state index is -0.487. The average Bonchev–Trinajstić information content (AvgIpc) is 3.11. The van der Waals surface area contributed by atoms with Crippen molar-refractivity contribution >= 4 is 28.4 Å². The smallest absolute Gasteiger partial charge is 0.329 e. The van der Waals surface area contributed by atoms with Crippen LogP contribution in [0.1, 0.15) is 5.56 Å². The summed E-state index contributed by atoms with van der Waals surface area (Å²) in [4.78, 5) is 23.2. The number of ether oxygens (including phenoxy) is 3. The number of carbonyl (C=O) groups is 1. The molecule has 0 amide bonds. The summed E-state index contributed by atoms with van der Waals surface area (Å²) in [6, 6.07) is 11.0. The molecule has 0 aliphatic carbocycles. The van der Waals surface area contributed by atoms with E-state index in [1.807, 2.05) is 35.2 Å². The molecule has 27 heavy (non-hydrogen) atoms. The zero-order valence-electron chi connectivity index (χ0n) is 15.3. The molecule has 7 heteroatoms. The van der Waals surface area contributed by atoms with E-state index in [0.29, 0.717) is 29.3 Å². The lowest BCUT2D eigenvalue weighted by molar-refractivity contribution is -0.141. The molecule has 2 aromatic carbocycles. The van der Waals surface area contributed by atoms with Crippen LogP contribution < -0.4 is 14.4 Å². The topological polar surface area (TPSA) is 73.8 Å². The molecule has 1 aromatic heterocycles. The molecule has 4 rings (SSSR count). The van der Waals surface area contributed by atoms with E-state index in [-0.39, 0.29) is 5.97 Å². The Morgan fingerprint density at radius 3 is 2.56 bits per heavy atom. The number of methoxy groups -OCH3 is 3. The third kappa shape index (κ3) is 2.71. The molecule has 0 N–H and O–H groups in total. The van der Waals surface area contributed by atoms with Crippen LogP contribution in [0.5, 0.6) is 11.5 Å². The Hall–Kier alpha value is -3.35. The number of rotatable bonds is 4. The number of hydrogen-bond donors (Lipinski definition) is 0. The minimum Gasteiger partial charge on any atom is -0.493 e. The zero-order chi connectivity index (χ0) is 19.0. The van der Waals surface area contributed by atoms with Gasteiger partial charge in [0, 0.05) is 23.6 Å². The summed E-state index contributed by atoms with van der Waals surface area (Å²) < 4.78 is 15.8. The molecule has 1 aliphatic heterocycles. The quantitative estimate of drug-likeness (QED) is 0.658. The van der Waals surface area contributed by atoms with Crippen LogP contribution in [0.25, 0.3) is 10.9 Å². The SMILES string of the molecule is COC(=O)C1Cc2ccccc2N1c1ncnc2cc(OC)c(OC)cc12. The van der Waals surface area contributed by atoms with Crippen molar-refractivity contribution in [2.75, 3.05) is 26.2 Å². The van der Waals surface area contributed by atoms with Gasteiger partial charge in [0.1, 0.15) is 18.2 Å². The lowest BCUT2D eigenvalue weighted by atomic mass is 10.1. The van der Waals surface area contributed by atoms with E-state index >= 15 is 0 Å². The van der Waals surface area contributed by atoms with Crippen molar-refractivity contribution in [3.05, 3.63) is 48.3 Å². The minimum absolute atomic E-state index is 0.307. The number of anilines is 2. The summed E-state index contributed by atoms with van der Waals surface area (Å²) in [6.45, 7) is 0. The molecule has 0 saturated carbocycles. The van der Waals surface area contributed by atoms with Gasteiger partial charge in [0.25, 0.3) is 0 Å². The lowest BCUT2D eigenvalue weighted by Crippen LogP contribution is -2.36. The maximum atomic E-state index is 12.5. The van der Waals surface area contributed by atoms with E-state index in [1.54, 1.807) is 20.3 Å². The number of hydrogen-bond acceptors (Lipinski definition) is 7. The van der Waals surface area contributed by atoms with Gasteiger partial charge in [-0.1, -0.05) is 18.2 Å². The standard InChI is InChI=1S/C20H19N3O4/c1-25-17-9-13-14(10-18(17)26-2)21-11-22-19(13)23-15-7-5-4-6-12(15)8-16(23)20(24)27-3/h4-7,9-11,16H,8H2,1-3H3. The van der Waals surface area contributed by atoms with Crippen LogP contribution in [0.4, 0.5) is 11.5 Å². The average molecular weight is 365 g/mol. The van der Waals surface area contributed by atoms with Gasteiger partial charge in [-0.2, -0.15) is 0 Å². The van der Waals surface area contributed by atoms with Gasteiger partial charge in [-0.3, -0.25) is 0 Å². The van der Waals surface area contributed by atoms with Crippen LogP contribution in [-0.2, 0) is 16.0 Å². The second kappa shape index (κ2) is 6.75. The molecule has 0 bridgehead atoms. The fourth-order valence-corrected chi connectivity index (χ4v) is 3.53. The van der Waals surface area contributed by atoms with E-state index in [0.717, 1.165) is 16.6 Å². The normalized spacial score (nSPS) is 15.5. The highest BCUT2D eigenvalue weighted by Gasteiger charge is 2.37. The van der Waals surface area contributed by atoms with Gasteiger partial charge in [-0.05, 0) is 17.7 Å². The first kappa shape index (κ1) is 17.1. The van der Waals surface area contributed by atoms with Crippen molar-refractivity contribution in [1.29, 1.82) is 0 Å². The van der Waals surface area contributed by atoms with Crippen molar-refractivity contribution in [1.82, 2.24) is 9.97 Å². The molecule has 138 valence electrons. The van der Waals surface area contributed by atoms with E-state index in [2.05, 4.69) is 9.97 Å². The number of esters is 1. The fraction of sp³-hybridized carbons (Fsp3) is 0.250. The number of carbonyl (C=O) groups excluding carboxylic acids is 1. The number of benzene rings is 2. The monoisotopic (exact) mass is 365 g/mol. The van der Waals surface area contributed by atoms with Crippen molar-refractivity contribution in [3.8, 4) is 11.5 Å². The maximum Gasteiger partial charge on any atom is 0.329 e. The largest absolute Gasteiger partial charge is 0.493 e. The van der Waals surface area contributed by atoms with E-state index in [4.69, 9.17) is 14.2 Å². The predicted molar refractivity (Wildman–Crippen MR) is 101 cm³/mol. The molecule has 0 spiro atoms. The lowest BCUT2D eigenvalue weighted by Gasteiger charge is -2.26. The summed E-state index contributed by atoms with van der Waals surface area (Å²) in [5.74, 6) is 1.48. The van der Waals surface area contributed by atoms with Gasteiger partial charge in [-0.25, -0.2) is 14.8 Å². The Labute approximate surface area is 156 Å². The maximum absolute atomic E-state index is 12.5. The summed E-state index contributed by atoms with van der Waals surface area (Å²) in [6.07, 6.45) is 2.04. The molecule has 2 heterocycles. The van der Waals surface area contributed by atoms with Crippen LogP contribution in [0.15, 0.2) is 42.7 Å². The second-order valence-electron chi connectivity index (χ2n) is 6.16. The third-order valence-electron chi connectivity index (χ3n) is 4.80. The summed E-state index contributed by atoms with van der Waals surface area (Å²) >= 11 is 0. The predicted octanol–water partition coefficient (Wildman–Crippen LogP) is 2.88. The van der Waals surface area contributed by atoms with E-state index < -0.39 is 6.04 Å². The zero-order valence-corrected chi connectivity index (χ0v) is 15.3. The van der Waals surface area contributed by atoms with Gasteiger partial charge >= 0.3 is 5.97 Å². The summed E-state index contributed by atoms with van der Waals surface area (Å²) in [5.41, 5.74) is 2.70. The number of aromatic nitrogens is 2. The van der Waals surface area contributed by atoms with Crippen molar-refractivity contribution in [2.45, 2.75) is 12.5 Å². The molecular weight excluding hydrogens is 346 g/mol. The number of nitrogens with zero attached hydrogens (tertiary/aromatic N) is 3. The first-order chi connectivity index (χ1) is 13.2. The Balaban J connectivity index is 1.95. The first-order valence-electron chi connectivity index (χ1n) is 8.49. The van der Waals surface area contributed by atoms with Crippen LogP contribution in [-0.4, -0.2) is 43.3 Å². The molecule has 0 radical (unpaired) electrons. The first-order valence-corrected chi connectivity index (χ1v) is 8.49. The van der Waals surface area contributed by atoms with Gasteiger partial charge < -0.3 is 19.1 Å². The molecule has 1 aliphatic rings. The molecular formula is C20H19N3O4. The van der Waals surface area contributed by atoms with Crippen LogP contribution in [0.2, 0.25) is 0 Å². The second-order valence-corrected chi connectivity index (χ2v) is 6.16. The third-order valence-corrected chi connectivity index (χ3v) is 4.80. The summed E-state index contributed by atoms with van der Waals surface area (Å²) in [5, 5.41) is 0.765. The Bertz CT molecular complexity index is 1020. The van der Waals surface area contributed by atoms with Crippen LogP contribution in [0, 0.1) is 0 Å². The fourth-order valence-electron chi connectivity index (χ4n) is 3.53. The molecule has 0 saturated heterocycles. The highest BCUT2D eigenvalue weighted by Crippen LogP contribution is 2.42. The molecule has 1 unspecified atom stereocenters. The highest BCUT2D eigenvalue weighted by atomic mass is 16.5. The van der Waals surface area contributed by atoms with Crippen LogP contribution >= 0.6 is 0 Å². The van der Waals surface area contributed by atoms with E-state index in [1.165, 1.54) is 13.4 Å². The van der Waals surface area contributed by atoms with Crippen molar-refractivity contribution in [3.63, 3.8) is 0 Å². The molecule has 3 aromatic rings. The van der Waals surface area contributed by atoms with E-state index in [9.17, 15) is 4.79 Å². The van der Waals surface area contributed by atoms with Crippen molar-refractivity contribution < 1.29 is 19.0 Å². The summed E-state index contributed by atoms with van der Waals surface area (Å²) in [7, 11) is 4.56.